The van der Waals surface area contributed by atoms with Crippen LogP contribution in [0.25, 0.3) is 0 Å². The van der Waals surface area contributed by atoms with E-state index in [1.807, 2.05) is 4.90 Å². The molecule has 0 radical (unpaired) electrons. The van der Waals surface area contributed by atoms with Crippen LogP contribution in [0.5, 0.6) is 5.75 Å². The molecule has 0 saturated carbocycles. The number of benzene rings is 1. The zero-order chi connectivity index (χ0) is 17.7. The summed E-state index contributed by atoms with van der Waals surface area (Å²) in [7, 11) is 0. The normalized spacial score (nSPS) is 18.6. The second-order valence-electron chi connectivity index (χ2n) is 7.06. The van der Waals surface area contributed by atoms with Crippen LogP contribution >= 0.6 is 0 Å². The van der Waals surface area contributed by atoms with Gasteiger partial charge in [-0.1, -0.05) is 19.9 Å². The van der Waals surface area contributed by atoms with Crippen LogP contribution in [0, 0.1) is 12.8 Å². The van der Waals surface area contributed by atoms with Gasteiger partial charge in [0.15, 0.2) is 0 Å². The number of hydrogen-bond acceptors (Lipinski definition) is 3. The summed E-state index contributed by atoms with van der Waals surface area (Å²) in [6.45, 7) is 7.59. The molecule has 1 saturated heterocycles. The molecule has 5 nitrogen and oxygen atoms in total. The third-order valence-corrected chi connectivity index (χ3v) is 4.59. The van der Waals surface area contributed by atoms with E-state index in [-0.39, 0.29) is 23.6 Å². The predicted octanol–water partition coefficient (Wildman–Crippen LogP) is 2.86. The Morgan fingerprint density at radius 2 is 2.12 bits per heavy atom. The molecule has 1 fully saturated rings. The van der Waals surface area contributed by atoms with Crippen LogP contribution in [0.1, 0.15) is 55.5 Å². The summed E-state index contributed by atoms with van der Waals surface area (Å²) in [5, 5.41) is 12.7. The minimum Gasteiger partial charge on any atom is -0.508 e. The molecule has 2 N–H and O–H groups in total. The summed E-state index contributed by atoms with van der Waals surface area (Å²) < 4.78 is 0. The van der Waals surface area contributed by atoms with Crippen LogP contribution < -0.4 is 5.32 Å². The smallest absolute Gasteiger partial charge is 0.251 e. The van der Waals surface area contributed by atoms with Crippen molar-refractivity contribution in [2.24, 2.45) is 5.92 Å². The third-order valence-electron chi connectivity index (χ3n) is 4.59. The maximum atomic E-state index is 12.3. The zero-order valence-corrected chi connectivity index (χ0v) is 14.8. The Bertz CT molecular complexity index is 598. The quantitative estimate of drug-likeness (QED) is 0.871. The lowest BCUT2D eigenvalue weighted by Gasteiger charge is -2.22. The van der Waals surface area contributed by atoms with E-state index in [0.29, 0.717) is 30.9 Å². The van der Waals surface area contributed by atoms with Crippen molar-refractivity contribution >= 4 is 11.8 Å². The lowest BCUT2D eigenvalue weighted by Crippen LogP contribution is -2.36. The summed E-state index contributed by atoms with van der Waals surface area (Å²) in [4.78, 5) is 26.5. The van der Waals surface area contributed by atoms with Gasteiger partial charge in [-0.25, -0.2) is 0 Å². The number of phenols is 1. The predicted molar refractivity (Wildman–Crippen MR) is 94.0 cm³/mol. The second kappa shape index (κ2) is 8.18. The van der Waals surface area contributed by atoms with Crippen molar-refractivity contribution in [2.45, 2.75) is 52.5 Å². The summed E-state index contributed by atoms with van der Waals surface area (Å²) in [5.74, 6) is 0.683. The van der Waals surface area contributed by atoms with Gasteiger partial charge < -0.3 is 15.3 Å². The summed E-state index contributed by atoms with van der Waals surface area (Å²) >= 11 is 0. The van der Waals surface area contributed by atoms with Crippen molar-refractivity contribution in [1.29, 1.82) is 0 Å². The molecule has 1 aliphatic heterocycles. The Morgan fingerprint density at radius 3 is 2.79 bits per heavy atom. The van der Waals surface area contributed by atoms with Gasteiger partial charge in [0.1, 0.15) is 5.75 Å². The Labute approximate surface area is 144 Å². The first-order valence-electron chi connectivity index (χ1n) is 8.75. The van der Waals surface area contributed by atoms with E-state index < -0.39 is 0 Å². The fraction of sp³-hybridized carbons (Fsp3) is 0.579. The number of carbonyl (C=O) groups is 2. The molecule has 1 aliphatic rings. The number of phenolic OH excluding ortho intramolecular Hbond substituents is 1. The number of amides is 2. The Morgan fingerprint density at radius 1 is 1.38 bits per heavy atom. The fourth-order valence-corrected chi connectivity index (χ4v) is 2.85. The first-order valence-corrected chi connectivity index (χ1v) is 8.75. The molecule has 1 aromatic carbocycles. The molecule has 1 heterocycles. The van der Waals surface area contributed by atoms with E-state index in [1.165, 1.54) is 6.07 Å². The topological polar surface area (TPSA) is 69.6 Å². The zero-order valence-electron chi connectivity index (χ0n) is 14.8. The van der Waals surface area contributed by atoms with Crippen LogP contribution in [0.15, 0.2) is 18.2 Å². The van der Waals surface area contributed by atoms with E-state index in [1.54, 1.807) is 19.1 Å². The van der Waals surface area contributed by atoms with Crippen molar-refractivity contribution in [3.8, 4) is 5.75 Å². The fourth-order valence-electron chi connectivity index (χ4n) is 2.85. The number of likely N-dealkylation sites (tertiary alicyclic amines) is 1. The Hall–Kier alpha value is -2.04. The molecular weight excluding hydrogens is 304 g/mol. The van der Waals surface area contributed by atoms with Gasteiger partial charge in [-0.15, -0.1) is 0 Å². The van der Waals surface area contributed by atoms with Crippen molar-refractivity contribution in [3.63, 3.8) is 0 Å². The number of hydrogen-bond donors (Lipinski definition) is 2. The molecule has 1 unspecified atom stereocenters. The maximum Gasteiger partial charge on any atom is 0.251 e. The van der Waals surface area contributed by atoms with Gasteiger partial charge in [-0.3, -0.25) is 9.59 Å². The molecule has 0 bridgehead atoms. The highest BCUT2D eigenvalue weighted by molar-refractivity contribution is 5.95. The third kappa shape index (κ3) is 4.98. The molecule has 132 valence electrons. The monoisotopic (exact) mass is 332 g/mol. The molecule has 1 aromatic rings. The van der Waals surface area contributed by atoms with Gasteiger partial charge in [-0.2, -0.15) is 0 Å². The number of nitrogens with one attached hydrogen (secondary N) is 1. The van der Waals surface area contributed by atoms with Gasteiger partial charge in [-0.05, 0) is 49.8 Å². The molecular formula is C19H28N2O3. The van der Waals surface area contributed by atoms with Crippen LogP contribution in [-0.2, 0) is 4.79 Å². The SMILES string of the molecule is Cc1ccc(C(=O)NC2CCC(=O)N(CCC(C)C)CC2)cc1O. The summed E-state index contributed by atoms with van der Waals surface area (Å²) in [6.07, 6.45) is 2.92. The Balaban J connectivity index is 1.92. The van der Waals surface area contributed by atoms with E-state index in [2.05, 4.69) is 19.2 Å². The highest BCUT2D eigenvalue weighted by Crippen LogP contribution is 2.19. The number of carbonyl (C=O) groups excluding carboxylic acids is 2. The lowest BCUT2D eigenvalue weighted by molar-refractivity contribution is -0.130. The summed E-state index contributed by atoms with van der Waals surface area (Å²) in [6, 6.07) is 4.92. The minimum atomic E-state index is -0.196. The van der Waals surface area contributed by atoms with Crippen LogP contribution in [0.4, 0.5) is 0 Å². The minimum absolute atomic E-state index is 0.00561. The van der Waals surface area contributed by atoms with Gasteiger partial charge >= 0.3 is 0 Å². The van der Waals surface area contributed by atoms with Crippen LogP contribution in [-0.4, -0.2) is 41.0 Å². The van der Waals surface area contributed by atoms with Gasteiger partial charge in [0.05, 0.1) is 0 Å². The molecule has 0 aromatic heterocycles. The second-order valence-corrected chi connectivity index (χ2v) is 7.06. The molecule has 0 aliphatic carbocycles. The molecule has 2 rings (SSSR count). The van der Waals surface area contributed by atoms with Crippen LogP contribution in [0.3, 0.4) is 0 Å². The highest BCUT2D eigenvalue weighted by Gasteiger charge is 2.23. The molecule has 5 heteroatoms. The molecule has 24 heavy (non-hydrogen) atoms. The summed E-state index contributed by atoms with van der Waals surface area (Å²) in [5.41, 5.74) is 1.19. The number of rotatable bonds is 5. The van der Waals surface area contributed by atoms with Crippen molar-refractivity contribution in [3.05, 3.63) is 29.3 Å². The van der Waals surface area contributed by atoms with Gasteiger partial charge in [0, 0.05) is 31.1 Å². The average Bonchev–Trinajstić information content (AvgIpc) is 2.70. The average molecular weight is 332 g/mol. The largest absolute Gasteiger partial charge is 0.508 e. The van der Waals surface area contributed by atoms with Gasteiger partial charge in [0.25, 0.3) is 5.91 Å². The lowest BCUT2D eigenvalue weighted by atomic mass is 10.1. The number of aromatic hydroxyl groups is 1. The maximum absolute atomic E-state index is 12.3. The van der Waals surface area contributed by atoms with E-state index in [4.69, 9.17) is 0 Å². The highest BCUT2D eigenvalue weighted by atomic mass is 16.3. The van der Waals surface area contributed by atoms with E-state index >= 15 is 0 Å². The molecule has 2 amide bonds. The van der Waals surface area contributed by atoms with Gasteiger partial charge in [0.2, 0.25) is 5.91 Å². The van der Waals surface area contributed by atoms with E-state index in [0.717, 1.165) is 24.9 Å². The standard InChI is InChI=1S/C19H28N2O3/c1-13(2)8-10-21-11-9-16(6-7-18(21)23)20-19(24)15-5-4-14(3)17(22)12-15/h4-5,12-13,16,22H,6-11H2,1-3H3,(H,20,24). The number of aryl methyl sites for hydroxylation is 1. The van der Waals surface area contributed by atoms with E-state index in [9.17, 15) is 14.7 Å². The Kier molecular flexibility index (Phi) is 6.23. The number of nitrogens with zero attached hydrogens (tertiary/aromatic N) is 1. The molecule has 1 atom stereocenters. The van der Waals surface area contributed by atoms with Crippen LogP contribution in [0.2, 0.25) is 0 Å². The first-order chi connectivity index (χ1) is 11.4. The van der Waals surface area contributed by atoms with Crippen molar-refractivity contribution in [2.75, 3.05) is 13.1 Å². The van der Waals surface area contributed by atoms with Crippen molar-refractivity contribution in [1.82, 2.24) is 10.2 Å². The van der Waals surface area contributed by atoms with Crippen molar-refractivity contribution < 1.29 is 14.7 Å². The molecule has 0 spiro atoms. The first kappa shape index (κ1) is 18.3.